The number of hydrogen-bond donors (Lipinski definition) is 1. The predicted octanol–water partition coefficient (Wildman–Crippen LogP) is 1.22. The molecule has 2 heterocycles. The fourth-order valence-corrected chi connectivity index (χ4v) is 1.10. The van der Waals surface area contributed by atoms with Crippen LogP contribution in [0.2, 0.25) is 0 Å². The molecule has 2 aromatic heterocycles. The van der Waals surface area contributed by atoms with E-state index in [1.54, 1.807) is 6.20 Å². The molecule has 0 aromatic carbocycles. The van der Waals surface area contributed by atoms with Crippen LogP contribution >= 0.6 is 0 Å². The van der Waals surface area contributed by atoms with Gasteiger partial charge in [0, 0.05) is 18.6 Å². The van der Waals surface area contributed by atoms with Gasteiger partial charge >= 0.3 is 0 Å². The average molecular weight is 147 g/mol. The van der Waals surface area contributed by atoms with E-state index in [0.717, 1.165) is 16.9 Å². The Hall–Kier alpha value is -1.51. The third-order valence-electron chi connectivity index (χ3n) is 1.82. The van der Waals surface area contributed by atoms with E-state index in [1.807, 2.05) is 29.8 Å². The number of pyridine rings is 1. The molecule has 0 spiro atoms. The number of rotatable bonds is 0. The van der Waals surface area contributed by atoms with Crippen LogP contribution < -0.4 is 5.73 Å². The van der Waals surface area contributed by atoms with E-state index in [0.29, 0.717) is 0 Å². The number of imidazole rings is 1. The topological polar surface area (TPSA) is 43.3 Å². The van der Waals surface area contributed by atoms with Crippen molar-refractivity contribution in [3.8, 4) is 0 Å². The summed E-state index contributed by atoms with van der Waals surface area (Å²) in [7, 11) is 0. The molecule has 0 fully saturated rings. The molecule has 0 unspecified atom stereocenters. The second-order valence-corrected chi connectivity index (χ2v) is 2.57. The lowest BCUT2D eigenvalue weighted by Crippen LogP contribution is -1.94. The molecule has 0 saturated heterocycles. The Morgan fingerprint density at radius 2 is 2.27 bits per heavy atom. The number of nitrogens with two attached hydrogens (primary N) is 1. The lowest BCUT2D eigenvalue weighted by molar-refractivity contribution is 1.17. The van der Waals surface area contributed by atoms with Crippen LogP contribution in [-0.4, -0.2) is 9.38 Å². The van der Waals surface area contributed by atoms with Gasteiger partial charge in [-0.2, -0.15) is 0 Å². The fraction of sp³-hybridized carbons (Fsp3) is 0.125. The van der Waals surface area contributed by atoms with Gasteiger partial charge in [-0.3, -0.25) is 0 Å². The van der Waals surface area contributed by atoms with Gasteiger partial charge in [-0.15, -0.1) is 0 Å². The summed E-state index contributed by atoms with van der Waals surface area (Å²) in [5.41, 5.74) is 8.45. The first-order chi connectivity index (χ1) is 5.29. The average Bonchev–Trinajstić information content (AvgIpc) is 2.45. The first-order valence-electron chi connectivity index (χ1n) is 3.47. The van der Waals surface area contributed by atoms with Gasteiger partial charge in [0.05, 0.1) is 5.69 Å². The lowest BCUT2D eigenvalue weighted by atomic mass is 10.2. The number of aromatic nitrogens is 2. The van der Waals surface area contributed by atoms with Crippen LogP contribution in [0.15, 0.2) is 24.7 Å². The Labute approximate surface area is 64.5 Å². The van der Waals surface area contributed by atoms with E-state index in [1.165, 1.54) is 0 Å². The molecular formula is C8H9N3. The molecular weight excluding hydrogens is 138 g/mol. The highest BCUT2D eigenvalue weighted by Crippen LogP contribution is 2.15. The Kier molecular flexibility index (Phi) is 1.12. The third-order valence-corrected chi connectivity index (χ3v) is 1.82. The van der Waals surface area contributed by atoms with Crippen LogP contribution in [-0.2, 0) is 0 Å². The number of hydrogen-bond acceptors (Lipinski definition) is 2. The molecule has 2 aromatic rings. The molecule has 0 aliphatic carbocycles. The van der Waals surface area contributed by atoms with Crippen LogP contribution in [0.4, 0.5) is 5.69 Å². The first-order valence-corrected chi connectivity index (χ1v) is 3.47. The highest BCUT2D eigenvalue weighted by Gasteiger charge is 1.99. The van der Waals surface area contributed by atoms with Crippen molar-refractivity contribution in [2.75, 3.05) is 5.73 Å². The Morgan fingerprint density at radius 1 is 1.45 bits per heavy atom. The SMILES string of the molecule is Cc1ccn2ccnc2c1N. The number of aryl methyl sites for hydroxylation is 1. The third kappa shape index (κ3) is 0.774. The van der Waals surface area contributed by atoms with E-state index < -0.39 is 0 Å². The number of nitrogen functional groups attached to an aromatic ring is 1. The summed E-state index contributed by atoms with van der Waals surface area (Å²) in [6, 6.07) is 1.98. The monoisotopic (exact) mass is 147 g/mol. The molecule has 2 N–H and O–H groups in total. The Balaban J connectivity index is 2.93. The van der Waals surface area contributed by atoms with Gasteiger partial charge in [0.25, 0.3) is 0 Å². The molecule has 0 atom stereocenters. The van der Waals surface area contributed by atoms with Crippen molar-refractivity contribution in [3.05, 3.63) is 30.2 Å². The lowest BCUT2D eigenvalue weighted by Gasteiger charge is -2.00. The normalized spacial score (nSPS) is 10.6. The van der Waals surface area contributed by atoms with E-state index >= 15 is 0 Å². The maximum atomic E-state index is 5.78. The number of nitrogens with zero attached hydrogens (tertiary/aromatic N) is 2. The van der Waals surface area contributed by atoms with Crippen LogP contribution in [0, 0.1) is 6.92 Å². The second kappa shape index (κ2) is 1.99. The summed E-state index contributed by atoms with van der Waals surface area (Å²) in [6.45, 7) is 1.98. The highest BCUT2D eigenvalue weighted by atomic mass is 15.0. The summed E-state index contributed by atoms with van der Waals surface area (Å²) in [5.74, 6) is 0. The summed E-state index contributed by atoms with van der Waals surface area (Å²) >= 11 is 0. The van der Waals surface area contributed by atoms with Gasteiger partial charge in [-0.1, -0.05) is 0 Å². The largest absolute Gasteiger partial charge is 0.395 e. The fourth-order valence-electron chi connectivity index (χ4n) is 1.10. The van der Waals surface area contributed by atoms with Crippen LogP contribution in [0.1, 0.15) is 5.56 Å². The smallest absolute Gasteiger partial charge is 0.160 e. The van der Waals surface area contributed by atoms with Gasteiger partial charge in [0.15, 0.2) is 5.65 Å². The maximum absolute atomic E-state index is 5.78. The van der Waals surface area contributed by atoms with Crippen molar-refractivity contribution in [1.82, 2.24) is 9.38 Å². The minimum atomic E-state index is 0.762. The number of anilines is 1. The quantitative estimate of drug-likeness (QED) is 0.609. The van der Waals surface area contributed by atoms with E-state index in [-0.39, 0.29) is 0 Å². The summed E-state index contributed by atoms with van der Waals surface area (Å²) < 4.78 is 1.91. The maximum Gasteiger partial charge on any atom is 0.160 e. The van der Waals surface area contributed by atoms with Crippen molar-refractivity contribution >= 4 is 11.3 Å². The van der Waals surface area contributed by atoms with Gasteiger partial charge in [-0.05, 0) is 18.6 Å². The zero-order valence-electron chi connectivity index (χ0n) is 6.28. The molecule has 2 rings (SSSR count). The summed E-state index contributed by atoms with van der Waals surface area (Å²) in [4.78, 5) is 4.12. The molecule has 11 heavy (non-hydrogen) atoms. The van der Waals surface area contributed by atoms with Crippen LogP contribution in [0.5, 0.6) is 0 Å². The van der Waals surface area contributed by atoms with E-state index in [4.69, 9.17) is 5.73 Å². The molecule has 0 amide bonds. The van der Waals surface area contributed by atoms with Crippen LogP contribution in [0.25, 0.3) is 5.65 Å². The van der Waals surface area contributed by atoms with Crippen LogP contribution in [0.3, 0.4) is 0 Å². The molecule has 0 saturated carbocycles. The standard InChI is InChI=1S/C8H9N3/c1-6-2-4-11-5-3-10-8(11)7(6)9/h2-5H,9H2,1H3. The second-order valence-electron chi connectivity index (χ2n) is 2.57. The summed E-state index contributed by atoms with van der Waals surface area (Å²) in [6.07, 6.45) is 5.57. The zero-order valence-corrected chi connectivity index (χ0v) is 6.28. The van der Waals surface area contributed by atoms with E-state index in [2.05, 4.69) is 4.98 Å². The molecule has 56 valence electrons. The molecule has 0 radical (unpaired) electrons. The van der Waals surface area contributed by atoms with E-state index in [9.17, 15) is 0 Å². The van der Waals surface area contributed by atoms with Gasteiger partial charge in [-0.25, -0.2) is 4.98 Å². The molecule has 0 aliphatic rings. The minimum Gasteiger partial charge on any atom is -0.395 e. The van der Waals surface area contributed by atoms with Gasteiger partial charge in [0.2, 0.25) is 0 Å². The minimum absolute atomic E-state index is 0.762. The number of fused-ring (bicyclic) bond motifs is 1. The molecule has 0 bridgehead atoms. The molecule has 3 nitrogen and oxygen atoms in total. The molecule has 3 heteroatoms. The molecule has 0 aliphatic heterocycles. The van der Waals surface area contributed by atoms with Gasteiger partial charge in [0.1, 0.15) is 0 Å². The highest BCUT2D eigenvalue weighted by molar-refractivity contribution is 5.68. The van der Waals surface area contributed by atoms with Crippen molar-refractivity contribution in [3.63, 3.8) is 0 Å². The Bertz CT molecular complexity index is 389. The summed E-state index contributed by atoms with van der Waals surface area (Å²) in [5, 5.41) is 0. The van der Waals surface area contributed by atoms with Gasteiger partial charge < -0.3 is 10.1 Å². The predicted molar refractivity (Wildman–Crippen MR) is 44.3 cm³/mol. The van der Waals surface area contributed by atoms with Crippen molar-refractivity contribution < 1.29 is 0 Å². The van der Waals surface area contributed by atoms with Crippen molar-refractivity contribution in [2.24, 2.45) is 0 Å². The van der Waals surface area contributed by atoms with Crippen molar-refractivity contribution in [1.29, 1.82) is 0 Å². The first kappa shape index (κ1) is 6.22. The van der Waals surface area contributed by atoms with Crippen molar-refractivity contribution in [2.45, 2.75) is 6.92 Å². The Morgan fingerprint density at radius 3 is 3.09 bits per heavy atom. The zero-order chi connectivity index (χ0) is 7.84.